The summed E-state index contributed by atoms with van der Waals surface area (Å²) in [6.07, 6.45) is -7.29. The van der Waals surface area contributed by atoms with E-state index in [1.54, 1.807) is 13.8 Å². The number of aliphatic hydroxyl groups is 1. The Hall–Kier alpha value is -8.23. The van der Waals surface area contributed by atoms with Gasteiger partial charge in [0, 0.05) is 19.4 Å². The number of carboxylic acids is 3. The number of nitrogens with one attached hydrogen (secondary N) is 8. The lowest BCUT2D eigenvalue weighted by Crippen LogP contribution is -2.60. The molecule has 10 atom stereocenters. The summed E-state index contributed by atoms with van der Waals surface area (Å²) >= 11 is 0. The Labute approximate surface area is 422 Å². The molecule has 11 amide bonds. The molecule has 0 saturated heterocycles. The van der Waals surface area contributed by atoms with E-state index in [0.29, 0.717) is 0 Å². The van der Waals surface area contributed by atoms with Gasteiger partial charge < -0.3 is 97.4 Å². The first-order chi connectivity index (χ1) is 34.2. The normalized spacial score (nSPS) is 14.9. The summed E-state index contributed by atoms with van der Waals surface area (Å²) in [6.45, 7) is 5.57. The molecule has 0 saturated carbocycles. The highest BCUT2D eigenvalue weighted by Gasteiger charge is 2.36. The van der Waals surface area contributed by atoms with Crippen molar-refractivity contribution in [2.24, 2.45) is 45.3 Å². The zero-order valence-corrected chi connectivity index (χ0v) is 41.0. The first-order valence-corrected chi connectivity index (χ1v) is 22.7. The Morgan fingerprint density at radius 1 is 0.446 bits per heavy atom. The average molecular weight is 1060 g/mol. The van der Waals surface area contributed by atoms with Gasteiger partial charge in [0.2, 0.25) is 65.0 Å². The lowest BCUT2D eigenvalue weighted by atomic mass is 10.0. The monoisotopic (exact) mass is 1060 g/mol. The number of primary amides is 3. The molecule has 416 valence electrons. The summed E-state index contributed by atoms with van der Waals surface area (Å²) in [6, 6.07) is -15.4. The molecule has 0 spiro atoms. The quantitative estimate of drug-likeness (QED) is 0.0157. The van der Waals surface area contributed by atoms with Crippen LogP contribution in [-0.4, -0.2) is 176 Å². The van der Waals surface area contributed by atoms with Crippen molar-refractivity contribution in [1.82, 2.24) is 42.5 Å². The van der Waals surface area contributed by atoms with Gasteiger partial charge in [0.1, 0.15) is 54.4 Å². The summed E-state index contributed by atoms with van der Waals surface area (Å²) in [5.74, 6) is -18.2. The highest BCUT2D eigenvalue weighted by molar-refractivity contribution is 6.00. The lowest BCUT2D eigenvalue weighted by Gasteiger charge is -2.27. The average Bonchev–Trinajstić information content (AvgIpc) is 3.27. The van der Waals surface area contributed by atoms with Gasteiger partial charge in [-0.15, -0.1) is 0 Å². The van der Waals surface area contributed by atoms with E-state index in [1.165, 1.54) is 6.92 Å². The molecule has 0 aliphatic rings. The molecule has 0 radical (unpaired) electrons. The van der Waals surface area contributed by atoms with Crippen LogP contribution in [-0.2, 0) is 67.1 Å². The molecule has 0 aromatic heterocycles. The number of hydrogen-bond acceptors (Lipinski definition) is 17. The third kappa shape index (κ3) is 26.8. The summed E-state index contributed by atoms with van der Waals surface area (Å²) in [5.41, 5.74) is 32.1. The topological polar surface area (TPSA) is 585 Å². The first-order valence-electron chi connectivity index (χ1n) is 22.7. The molecule has 0 bridgehead atoms. The number of hydrogen-bond donors (Lipinski definition) is 18. The van der Waals surface area contributed by atoms with Gasteiger partial charge in [0.05, 0.1) is 25.4 Å². The van der Waals surface area contributed by atoms with Crippen molar-refractivity contribution in [2.45, 2.75) is 152 Å². The van der Waals surface area contributed by atoms with Crippen LogP contribution in [0.3, 0.4) is 0 Å². The second kappa shape index (κ2) is 32.7. The smallest absolute Gasteiger partial charge is 0.305 e. The van der Waals surface area contributed by atoms with Crippen molar-refractivity contribution in [1.29, 1.82) is 0 Å². The van der Waals surface area contributed by atoms with Crippen LogP contribution in [0.1, 0.15) is 91.9 Å². The second-order valence-corrected chi connectivity index (χ2v) is 17.2. The number of rotatable bonds is 36. The number of guanidine groups is 1. The molecule has 33 heteroatoms. The van der Waals surface area contributed by atoms with E-state index in [9.17, 15) is 82.4 Å². The summed E-state index contributed by atoms with van der Waals surface area (Å²) in [7, 11) is 0. The van der Waals surface area contributed by atoms with Crippen molar-refractivity contribution in [2.75, 3.05) is 6.54 Å². The van der Waals surface area contributed by atoms with Crippen LogP contribution in [0, 0.1) is 5.92 Å². The van der Waals surface area contributed by atoms with Gasteiger partial charge in [0.15, 0.2) is 5.96 Å². The van der Waals surface area contributed by atoms with Crippen LogP contribution in [0.25, 0.3) is 0 Å². The van der Waals surface area contributed by atoms with E-state index < -0.39 is 188 Å². The minimum Gasteiger partial charge on any atom is -0.481 e. The number of aliphatic hydroxyl groups excluding tert-OH is 1. The largest absolute Gasteiger partial charge is 0.481 e. The molecule has 0 rings (SSSR count). The summed E-state index contributed by atoms with van der Waals surface area (Å²) in [4.78, 5) is 181. The fourth-order valence-electron chi connectivity index (χ4n) is 6.28. The summed E-state index contributed by atoms with van der Waals surface area (Å²) in [5, 5.41) is 55.3. The maximum atomic E-state index is 13.7. The predicted octanol–water partition coefficient (Wildman–Crippen LogP) is -8.87. The minimum absolute atomic E-state index is 0.00552. The van der Waals surface area contributed by atoms with E-state index in [-0.39, 0.29) is 37.7 Å². The van der Waals surface area contributed by atoms with E-state index in [2.05, 4.69) is 42.2 Å². The van der Waals surface area contributed by atoms with Crippen LogP contribution < -0.4 is 76.9 Å². The number of aliphatic imine (C=N–C) groups is 1. The minimum atomic E-state index is -2.05. The van der Waals surface area contributed by atoms with Gasteiger partial charge in [-0.05, 0) is 51.9 Å². The maximum Gasteiger partial charge on any atom is 0.305 e. The highest BCUT2D eigenvalue weighted by atomic mass is 16.4. The molecule has 33 nitrogen and oxygen atoms in total. The van der Waals surface area contributed by atoms with E-state index in [4.69, 9.17) is 39.5 Å². The zero-order valence-electron chi connectivity index (χ0n) is 41.0. The molecule has 0 aliphatic carbocycles. The second-order valence-electron chi connectivity index (χ2n) is 17.2. The van der Waals surface area contributed by atoms with Crippen molar-refractivity contribution >= 4 is 88.8 Å². The van der Waals surface area contributed by atoms with Gasteiger partial charge in [-0.25, -0.2) is 0 Å². The Morgan fingerprint density at radius 3 is 1.27 bits per heavy atom. The molecule has 0 aromatic carbocycles. The van der Waals surface area contributed by atoms with Gasteiger partial charge in [-0.1, -0.05) is 13.8 Å². The number of carbonyl (C=O) groups excluding carboxylic acids is 11. The third-order valence-electron chi connectivity index (χ3n) is 10.2. The van der Waals surface area contributed by atoms with Gasteiger partial charge in [-0.3, -0.25) is 72.1 Å². The van der Waals surface area contributed by atoms with Crippen LogP contribution in [0.2, 0.25) is 0 Å². The molecule has 0 heterocycles. The molecule has 0 aliphatic heterocycles. The van der Waals surface area contributed by atoms with Gasteiger partial charge >= 0.3 is 17.9 Å². The standard InChI is InChI=1S/C41H69N15O18/c1-16(2)12-23(55-38(72)24(13-27(43)59)56-34(68)19(6-5-11-48-41(46)47)52-40(74)31(44)18(4)57)37(71)49-17(3)33(67)54-25(15-30(64)65)39(73)51-20(7-9-26(42)58)35(69)50-21(8-10-28(60)61)36(70)53-22(32(45)66)14-29(62)63/h16-25,31,57H,5-15,44H2,1-4H3,(H2,42,58)(H2,43,59)(H2,45,66)(H,49,71)(H,50,69)(H,51,73)(H,52,74)(H,53,70)(H,54,67)(H,55,72)(H,56,68)(H,60,61)(H,62,63)(H,64,65)(H4,46,47,48)/t17-,18+,19-,20-,21-,22-,23-,24-,25-,31-/m0/s1. The predicted molar refractivity (Wildman–Crippen MR) is 253 cm³/mol. The van der Waals surface area contributed by atoms with Crippen LogP contribution in [0.15, 0.2) is 4.99 Å². The highest BCUT2D eigenvalue weighted by Crippen LogP contribution is 2.10. The molecule has 0 fully saturated rings. The van der Waals surface area contributed by atoms with Crippen molar-refractivity contribution in [3.63, 3.8) is 0 Å². The maximum absolute atomic E-state index is 13.7. The Morgan fingerprint density at radius 2 is 0.838 bits per heavy atom. The van der Waals surface area contributed by atoms with Gasteiger partial charge in [-0.2, -0.15) is 0 Å². The van der Waals surface area contributed by atoms with E-state index in [0.717, 1.165) is 6.92 Å². The third-order valence-corrected chi connectivity index (χ3v) is 10.2. The van der Waals surface area contributed by atoms with Crippen LogP contribution in [0.5, 0.6) is 0 Å². The number of aliphatic carboxylic acids is 3. The van der Waals surface area contributed by atoms with Gasteiger partial charge in [0.25, 0.3) is 0 Å². The first kappa shape index (κ1) is 65.8. The number of amides is 11. The van der Waals surface area contributed by atoms with Crippen LogP contribution in [0.4, 0.5) is 0 Å². The fourth-order valence-corrected chi connectivity index (χ4v) is 6.28. The molecular formula is C41H69N15O18. The number of carboxylic acid groups (broad SMARTS) is 3. The lowest BCUT2D eigenvalue weighted by molar-refractivity contribution is -0.142. The van der Waals surface area contributed by atoms with E-state index in [1.807, 2.05) is 5.32 Å². The van der Waals surface area contributed by atoms with Crippen molar-refractivity contribution in [3.05, 3.63) is 0 Å². The molecular weight excluding hydrogens is 991 g/mol. The number of nitrogens with two attached hydrogens (primary N) is 6. The fraction of sp³-hybridized carbons (Fsp3) is 0.634. The number of carbonyl (C=O) groups is 14. The van der Waals surface area contributed by atoms with Crippen LogP contribution >= 0.6 is 0 Å². The molecule has 0 unspecified atom stereocenters. The molecule has 0 aromatic rings. The molecule has 74 heavy (non-hydrogen) atoms. The number of nitrogens with zero attached hydrogens (tertiary/aromatic N) is 1. The Kier molecular flexibility index (Phi) is 29.0. The Bertz CT molecular complexity index is 2100. The zero-order chi connectivity index (χ0) is 57.2. The van der Waals surface area contributed by atoms with E-state index >= 15 is 0 Å². The van der Waals surface area contributed by atoms with Crippen molar-refractivity contribution < 1.29 is 87.5 Å². The van der Waals surface area contributed by atoms with Crippen molar-refractivity contribution in [3.8, 4) is 0 Å². The SMILES string of the molecule is CC(C)C[C@H](NC(=O)[C@H](CC(N)=O)NC(=O)[C@H](CCCN=C(N)N)NC(=O)[C@@H](N)[C@@H](C)O)C(=O)N[C@@H](C)C(=O)N[C@@H](CC(=O)O)C(=O)N[C@@H](CCC(N)=O)C(=O)N[C@@H](CCC(=O)O)C(=O)N[C@@H](CC(=O)O)C(N)=O. The summed E-state index contributed by atoms with van der Waals surface area (Å²) < 4.78 is 0. The molecule has 24 N–H and O–H groups in total. The Balaban J connectivity index is 6.52.